The van der Waals surface area contributed by atoms with Crippen LogP contribution >= 0.6 is 11.6 Å². The summed E-state index contributed by atoms with van der Waals surface area (Å²) in [6, 6.07) is 8.51. The van der Waals surface area contributed by atoms with Gasteiger partial charge in [-0.25, -0.2) is 9.97 Å². The molecular weight excluding hydrogens is 360 g/mol. The average molecular weight is 381 g/mol. The van der Waals surface area contributed by atoms with Crippen LogP contribution in [0.3, 0.4) is 0 Å². The molecule has 0 amide bonds. The lowest BCUT2D eigenvalue weighted by Gasteiger charge is -2.19. The van der Waals surface area contributed by atoms with Gasteiger partial charge in [0.25, 0.3) is 0 Å². The van der Waals surface area contributed by atoms with Crippen molar-refractivity contribution in [2.45, 2.75) is 25.3 Å². The van der Waals surface area contributed by atoms with Gasteiger partial charge in [-0.2, -0.15) is 0 Å². The fourth-order valence-corrected chi connectivity index (χ4v) is 4.11. The lowest BCUT2D eigenvalue weighted by molar-refractivity contribution is 0.634. The molecule has 4 aromatic rings. The number of nitrogens with zero attached hydrogens (tertiary/aromatic N) is 3. The van der Waals surface area contributed by atoms with Crippen LogP contribution in [0.1, 0.15) is 19.3 Å². The molecule has 4 heterocycles. The van der Waals surface area contributed by atoms with E-state index in [0.717, 1.165) is 53.1 Å². The smallest absolute Gasteiger partial charge is 0.181 e. The Kier molecular flexibility index (Phi) is 4.22. The van der Waals surface area contributed by atoms with Crippen LogP contribution in [0.15, 0.2) is 42.9 Å². The fourth-order valence-electron chi connectivity index (χ4n) is 3.83. The summed E-state index contributed by atoms with van der Waals surface area (Å²) in [7, 11) is 0. The van der Waals surface area contributed by atoms with Crippen LogP contribution in [0.25, 0.3) is 27.8 Å². The standard InChI is InChI=1S/C20H21ClN6/c21-18-17(15-12-24-16-7-2-1-6-14(15)16)26-19(20-23-9-10-27(18)20)25-13-5-3-4-8-22-11-13/h1-2,6-7,9-10,12-13,22,24H,3-5,8,11H2,(H,25,26)/t13-/m0/s1. The summed E-state index contributed by atoms with van der Waals surface area (Å²) >= 11 is 6.72. The topological polar surface area (TPSA) is 70.0 Å². The zero-order chi connectivity index (χ0) is 18.2. The Balaban J connectivity index is 1.63. The molecule has 138 valence electrons. The minimum atomic E-state index is 0.331. The molecule has 6 nitrogen and oxygen atoms in total. The van der Waals surface area contributed by atoms with Crippen molar-refractivity contribution in [3.63, 3.8) is 0 Å². The van der Waals surface area contributed by atoms with Crippen molar-refractivity contribution in [2.24, 2.45) is 0 Å². The Morgan fingerprint density at radius 2 is 2.15 bits per heavy atom. The number of H-pyrrole nitrogens is 1. The maximum atomic E-state index is 6.72. The highest BCUT2D eigenvalue weighted by atomic mass is 35.5. The van der Waals surface area contributed by atoms with Crippen LogP contribution in [0.4, 0.5) is 5.82 Å². The predicted molar refractivity (Wildman–Crippen MR) is 109 cm³/mol. The van der Waals surface area contributed by atoms with Gasteiger partial charge in [-0.1, -0.05) is 36.2 Å². The van der Waals surface area contributed by atoms with Gasteiger partial charge >= 0.3 is 0 Å². The number of nitrogens with one attached hydrogen (secondary N) is 3. The molecule has 0 unspecified atom stereocenters. The molecule has 0 bridgehead atoms. The van der Waals surface area contributed by atoms with E-state index in [0.29, 0.717) is 11.2 Å². The van der Waals surface area contributed by atoms with E-state index in [1.165, 1.54) is 12.8 Å². The lowest BCUT2D eigenvalue weighted by Crippen LogP contribution is -2.31. The van der Waals surface area contributed by atoms with Crippen molar-refractivity contribution in [3.05, 3.63) is 48.0 Å². The van der Waals surface area contributed by atoms with E-state index in [4.69, 9.17) is 16.6 Å². The van der Waals surface area contributed by atoms with Crippen molar-refractivity contribution >= 4 is 34.0 Å². The number of benzene rings is 1. The first kappa shape index (κ1) is 16.6. The summed E-state index contributed by atoms with van der Waals surface area (Å²) in [5.74, 6) is 0.776. The molecule has 3 aromatic heterocycles. The number of rotatable bonds is 3. The molecule has 7 heteroatoms. The Labute approximate surface area is 162 Å². The zero-order valence-corrected chi connectivity index (χ0v) is 15.6. The molecular formula is C20H21ClN6. The summed E-state index contributed by atoms with van der Waals surface area (Å²) in [6.07, 6.45) is 9.15. The Morgan fingerprint density at radius 3 is 3.11 bits per heavy atom. The largest absolute Gasteiger partial charge is 0.363 e. The number of aromatic amines is 1. The van der Waals surface area contributed by atoms with Gasteiger partial charge in [0.05, 0.1) is 0 Å². The molecule has 0 aliphatic carbocycles. The third-order valence-electron chi connectivity index (χ3n) is 5.22. The number of aromatic nitrogens is 4. The monoisotopic (exact) mass is 380 g/mol. The minimum absolute atomic E-state index is 0.331. The molecule has 3 N–H and O–H groups in total. The Bertz CT molecular complexity index is 1090. The Hall–Kier alpha value is -2.57. The van der Waals surface area contributed by atoms with Gasteiger partial charge in [0.1, 0.15) is 10.8 Å². The molecule has 27 heavy (non-hydrogen) atoms. The lowest BCUT2D eigenvalue weighted by atomic mass is 10.1. The van der Waals surface area contributed by atoms with Crippen LogP contribution in [0.5, 0.6) is 0 Å². The number of hydrogen-bond donors (Lipinski definition) is 3. The average Bonchev–Trinajstić information content (AvgIpc) is 3.27. The molecule has 1 aliphatic rings. The highest BCUT2D eigenvalue weighted by molar-refractivity contribution is 6.32. The molecule has 1 saturated heterocycles. The maximum Gasteiger partial charge on any atom is 0.181 e. The summed E-state index contributed by atoms with van der Waals surface area (Å²) in [5, 5.41) is 8.76. The second-order valence-corrected chi connectivity index (χ2v) is 7.37. The van der Waals surface area contributed by atoms with Crippen molar-refractivity contribution in [1.82, 2.24) is 24.7 Å². The fraction of sp³-hybridized carbons (Fsp3) is 0.300. The highest BCUT2D eigenvalue weighted by Crippen LogP contribution is 2.34. The van der Waals surface area contributed by atoms with E-state index >= 15 is 0 Å². The van der Waals surface area contributed by atoms with E-state index in [2.05, 4.69) is 32.7 Å². The molecule has 1 aromatic carbocycles. The highest BCUT2D eigenvalue weighted by Gasteiger charge is 2.20. The first-order valence-corrected chi connectivity index (χ1v) is 9.75. The van der Waals surface area contributed by atoms with Crippen LogP contribution in [-0.2, 0) is 0 Å². The Morgan fingerprint density at radius 1 is 1.22 bits per heavy atom. The maximum absolute atomic E-state index is 6.72. The van der Waals surface area contributed by atoms with Gasteiger partial charge in [0.15, 0.2) is 11.5 Å². The molecule has 0 radical (unpaired) electrons. The van der Waals surface area contributed by atoms with Crippen molar-refractivity contribution in [2.75, 3.05) is 18.4 Å². The number of anilines is 1. The minimum Gasteiger partial charge on any atom is -0.363 e. The quantitative estimate of drug-likeness (QED) is 0.500. The van der Waals surface area contributed by atoms with E-state index in [1.807, 2.05) is 28.9 Å². The first-order chi connectivity index (χ1) is 13.3. The molecule has 5 rings (SSSR count). The number of fused-ring (bicyclic) bond motifs is 2. The third-order valence-corrected chi connectivity index (χ3v) is 5.58. The van der Waals surface area contributed by atoms with Gasteiger partial charge < -0.3 is 15.6 Å². The van der Waals surface area contributed by atoms with Gasteiger partial charge in [0.2, 0.25) is 0 Å². The van der Waals surface area contributed by atoms with Crippen LogP contribution in [-0.4, -0.2) is 38.5 Å². The number of para-hydroxylation sites is 1. The summed E-state index contributed by atoms with van der Waals surface area (Å²) in [5.41, 5.74) is 3.57. The second-order valence-electron chi connectivity index (χ2n) is 7.01. The first-order valence-electron chi connectivity index (χ1n) is 9.37. The number of hydrogen-bond acceptors (Lipinski definition) is 4. The molecule has 0 spiro atoms. The molecule has 1 aliphatic heterocycles. The van der Waals surface area contributed by atoms with Gasteiger partial charge in [-0.3, -0.25) is 4.40 Å². The van der Waals surface area contributed by atoms with E-state index in [1.54, 1.807) is 6.20 Å². The van der Waals surface area contributed by atoms with Crippen LogP contribution in [0, 0.1) is 0 Å². The summed E-state index contributed by atoms with van der Waals surface area (Å²) in [4.78, 5) is 12.7. The third kappa shape index (κ3) is 2.95. The predicted octanol–water partition coefficient (Wildman–Crippen LogP) is 4.09. The number of halogens is 1. The molecule has 0 saturated carbocycles. The van der Waals surface area contributed by atoms with Crippen molar-refractivity contribution < 1.29 is 0 Å². The van der Waals surface area contributed by atoms with Crippen LogP contribution in [0.2, 0.25) is 5.15 Å². The normalized spacial score (nSPS) is 18.0. The number of imidazole rings is 1. The van der Waals surface area contributed by atoms with Gasteiger partial charge in [-0.05, 0) is 25.5 Å². The van der Waals surface area contributed by atoms with E-state index in [9.17, 15) is 0 Å². The van der Waals surface area contributed by atoms with Crippen LogP contribution < -0.4 is 10.6 Å². The van der Waals surface area contributed by atoms with E-state index in [-0.39, 0.29) is 0 Å². The van der Waals surface area contributed by atoms with Crippen molar-refractivity contribution in [3.8, 4) is 11.3 Å². The molecule has 1 fully saturated rings. The summed E-state index contributed by atoms with van der Waals surface area (Å²) < 4.78 is 1.90. The molecule has 1 atom stereocenters. The summed E-state index contributed by atoms with van der Waals surface area (Å²) in [6.45, 7) is 2.01. The van der Waals surface area contributed by atoms with Gasteiger partial charge in [-0.15, -0.1) is 0 Å². The SMILES string of the molecule is Clc1c(-c2c[nH]c3ccccc23)nc(N[C@H]2CCCCNC2)c2nccn12. The zero-order valence-electron chi connectivity index (χ0n) is 14.9. The van der Waals surface area contributed by atoms with E-state index < -0.39 is 0 Å². The van der Waals surface area contributed by atoms with Gasteiger partial charge in [0, 0.05) is 47.6 Å². The second kappa shape index (κ2) is 6.87. The van der Waals surface area contributed by atoms with Crippen molar-refractivity contribution in [1.29, 1.82) is 0 Å².